The molecule has 0 aliphatic rings. The Labute approximate surface area is 219 Å². The van der Waals surface area contributed by atoms with Gasteiger partial charge in [0, 0.05) is 47.0 Å². The SMILES string of the molecule is N#Cc1cncc(-c2cccc(-c3cccc4c(-c5cccc(-c6cncc(C#N)c6)n5)cccc34)n2)c1. The minimum Gasteiger partial charge on any atom is -0.263 e. The Bertz CT molecular complexity index is 1770. The molecule has 0 unspecified atom stereocenters. The average Bonchev–Trinajstić information content (AvgIpc) is 3.00. The van der Waals surface area contributed by atoms with Crippen LogP contribution in [-0.4, -0.2) is 19.9 Å². The Hall–Kier alpha value is -5.72. The molecule has 6 heteroatoms. The number of aromatic nitrogens is 4. The highest BCUT2D eigenvalue weighted by atomic mass is 14.7. The van der Waals surface area contributed by atoms with E-state index in [0.29, 0.717) is 11.1 Å². The molecule has 6 nitrogen and oxygen atoms in total. The van der Waals surface area contributed by atoms with Crippen LogP contribution in [0.3, 0.4) is 0 Å². The van der Waals surface area contributed by atoms with Gasteiger partial charge in [0.1, 0.15) is 12.1 Å². The van der Waals surface area contributed by atoms with Crippen molar-refractivity contribution in [3.05, 3.63) is 121 Å². The predicted molar refractivity (Wildman–Crippen MR) is 146 cm³/mol. The maximum atomic E-state index is 9.25. The van der Waals surface area contributed by atoms with Crippen LogP contribution in [0.2, 0.25) is 0 Å². The number of hydrogen-bond donors (Lipinski definition) is 0. The predicted octanol–water partition coefficient (Wildman–Crippen LogP) is 6.83. The summed E-state index contributed by atoms with van der Waals surface area (Å²) in [4.78, 5) is 18.2. The van der Waals surface area contributed by atoms with Crippen LogP contribution in [0.4, 0.5) is 0 Å². The number of rotatable bonds is 4. The Balaban J connectivity index is 1.45. The van der Waals surface area contributed by atoms with Crippen LogP contribution in [0.15, 0.2) is 110 Å². The fourth-order valence-electron chi connectivity index (χ4n) is 4.53. The maximum absolute atomic E-state index is 9.25. The summed E-state index contributed by atoms with van der Waals surface area (Å²) in [5, 5.41) is 20.6. The van der Waals surface area contributed by atoms with Gasteiger partial charge in [0.05, 0.1) is 33.9 Å². The second-order valence-corrected chi connectivity index (χ2v) is 8.67. The van der Waals surface area contributed by atoms with Crippen molar-refractivity contribution >= 4 is 10.8 Å². The van der Waals surface area contributed by atoms with E-state index in [2.05, 4.69) is 46.4 Å². The van der Waals surface area contributed by atoms with Gasteiger partial charge < -0.3 is 0 Å². The zero-order valence-electron chi connectivity index (χ0n) is 20.1. The van der Waals surface area contributed by atoms with Gasteiger partial charge in [-0.05, 0) is 47.2 Å². The molecule has 0 aliphatic heterocycles. The summed E-state index contributed by atoms with van der Waals surface area (Å²) in [5.74, 6) is 0. The lowest BCUT2D eigenvalue weighted by atomic mass is 9.96. The first-order valence-electron chi connectivity index (χ1n) is 11.9. The van der Waals surface area contributed by atoms with E-state index in [-0.39, 0.29) is 0 Å². The number of fused-ring (bicyclic) bond motifs is 1. The highest BCUT2D eigenvalue weighted by Crippen LogP contribution is 2.35. The van der Waals surface area contributed by atoms with Crippen molar-refractivity contribution in [1.82, 2.24) is 19.9 Å². The standard InChI is InChI=1S/C32H18N6/c33-15-21-13-23(19-35-17-21)29-9-3-11-31(37-29)27-7-1-5-25-26(27)6-2-8-28(25)32-12-4-10-30(38-32)24-14-22(16-34)18-36-20-24/h1-14,17-20H. The normalized spacial score (nSPS) is 10.6. The van der Waals surface area contributed by atoms with Crippen molar-refractivity contribution in [3.8, 4) is 57.2 Å². The minimum atomic E-state index is 0.495. The summed E-state index contributed by atoms with van der Waals surface area (Å²) in [6.45, 7) is 0. The van der Waals surface area contributed by atoms with E-state index >= 15 is 0 Å². The second-order valence-electron chi connectivity index (χ2n) is 8.67. The van der Waals surface area contributed by atoms with Crippen molar-refractivity contribution in [3.63, 3.8) is 0 Å². The van der Waals surface area contributed by atoms with E-state index in [9.17, 15) is 10.5 Å². The van der Waals surface area contributed by atoms with Crippen LogP contribution in [0.25, 0.3) is 55.8 Å². The molecule has 4 aromatic heterocycles. The Kier molecular flexibility index (Phi) is 5.82. The van der Waals surface area contributed by atoms with E-state index < -0.39 is 0 Å². The Morgan fingerprint density at radius 2 is 0.895 bits per heavy atom. The Morgan fingerprint density at radius 3 is 1.34 bits per heavy atom. The van der Waals surface area contributed by atoms with Crippen molar-refractivity contribution in [1.29, 1.82) is 10.5 Å². The molecular formula is C32H18N6. The molecule has 0 N–H and O–H groups in total. The lowest BCUT2D eigenvalue weighted by Gasteiger charge is -2.12. The van der Waals surface area contributed by atoms with Crippen LogP contribution in [0.1, 0.15) is 11.1 Å². The van der Waals surface area contributed by atoms with E-state index in [1.165, 1.54) is 0 Å². The van der Waals surface area contributed by atoms with Crippen molar-refractivity contribution in [2.75, 3.05) is 0 Å². The lowest BCUT2D eigenvalue weighted by molar-refractivity contribution is 1.26. The fourth-order valence-corrected chi connectivity index (χ4v) is 4.53. The third kappa shape index (κ3) is 4.24. The zero-order valence-corrected chi connectivity index (χ0v) is 20.1. The van der Waals surface area contributed by atoms with Gasteiger partial charge >= 0.3 is 0 Å². The second kappa shape index (κ2) is 9.73. The zero-order chi connectivity index (χ0) is 25.9. The quantitative estimate of drug-likeness (QED) is 0.271. The topological polar surface area (TPSA) is 99.1 Å². The van der Waals surface area contributed by atoms with Gasteiger partial charge in [-0.25, -0.2) is 9.97 Å². The van der Waals surface area contributed by atoms with Gasteiger partial charge in [-0.15, -0.1) is 0 Å². The van der Waals surface area contributed by atoms with Crippen LogP contribution >= 0.6 is 0 Å². The molecule has 0 spiro atoms. The van der Waals surface area contributed by atoms with Crippen LogP contribution in [0, 0.1) is 22.7 Å². The average molecular weight is 487 g/mol. The Morgan fingerprint density at radius 1 is 0.474 bits per heavy atom. The van der Waals surface area contributed by atoms with Crippen molar-refractivity contribution in [2.45, 2.75) is 0 Å². The molecule has 0 radical (unpaired) electrons. The van der Waals surface area contributed by atoms with Crippen LogP contribution in [0.5, 0.6) is 0 Å². The van der Waals surface area contributed by atoms with Gasteiger partial charge in [-0.2, -0.15) is 10.5 Å². The molecule has 2 aromatic carbocycles. The van der Waals surface area contributed by atoms with Gasteiger partial charge in [-0.3, -0.25) is 9.97 Å². The van der Waals surface area contributed by atoms with E-state index in [0.717, 1.165) is 55.8 Å². The highest BCUT2D eigenvalue weighted by Gasteiger charge is 2.12. The molecule has 0 saturated carbocycles. The number of nitriles is 2. The summed E-state index contributed by atoms with van der Waals surface area (Å²) in [6, 6.07) is 31.9. The first-order valence-corrected chi connectivity index (χ1v) is 11.9. The molecule has 0 bridgehead atoms. The van der Waals surface area contributed by atoms with Gasteiger partial charge in [0.15, 0.2) is 0 Å². The number of pyridine rings is 4. The van der Waals surface area contributed by atoms with Crippen LogP contribution < -0.4 is 0 Å². The summed E-state index contributed by atoms with van der Waals surface area (Å²) in [6.07, 6.45) is 6.52. The third-order valence-corrected chi connectivity index (χ3v) is 6.30. The monoisotopic (exact) mass is 486 g/mol. The molecule has 0 atom stereocenters. The fraction of sp³-hybridized carbons (Fsp3) is 0. The molecule has 38 heavy (non-hydrogen) atoms. The van der Waals surface area contributed by atoms with E-state index in [1.807, 2.05) is 48.5 Å². The first kappa shape index (κ1) is 22.7. The van der Waals surface area contributed by atoms with Crippen molar-refractivity contribution in [2.24, 2.45) is 0 Å². The smallest absolute Gasteiger partial charge is 0.101 e. The maximum Gasteiger partial charge on any atom is 0.101 e. The van der Waals surface area contributed by atoms with Crippen LogP contribution in [-0.2, 0) is 0 Å². The molecule has 176 valence electrons. The molecule has 0 amide bonds. The summed E-state index contributed by atoms with van der Waals surface area (Å²) >= 11 is 0. The van der Waals surface area contributed by atoms with Gasteiger partial charge in [-0.1, -0.05) is 48.5 Å². The molecule has 0 saturated heterocycles. The molecule has 6 aromatic rings. The highest BCUT2D eigenvalue weighted by molar-refractivity contribution is 6.03. The molecule has 0 fully saturated rings. The van der Waals surface area contributed by atoms with Crippen molar-refractivity contribution < 1.29 is 0 Å². The first-order chi connectivity index (χ1) is 18.7. The summed E-state index contributed by atoms with van der Waals surface area (Å²) < 4.78 is 0. The number of hydrogen-bond acceptors (Lipinski definition) is 6. The summed E-state index contributed by atoms with van der Waals surface area (Å²) in [5.41, 5.74) is 7.73. The lowest BCUT2D eigenvalue weighted by Crippen LogP contribution is -1.92. The van der Waals surface area contributed by atoms with E-state index in [4.69, 9.17) is 9.97 Å². The summed E-state index contributed by atoms with van der Waals surface area (Å²) in [7, 11) is 0. The van der Waals surface area contributed by atoms with Gasteiger partial charge in [0.25, 0.3) is 0 Å². The van der Waals surface area contributed by atoms with E-state index in [1.54, 1.807) is 36.9 Å². The minimum absolute atomic E-state index is 0.495. The van der Waals surface area contributed by atoms with Gasteiger partial charge in [0.2, 0.25) is 0 Å². The largest absolute Gasteiger partial charge is 0.263 e. The molecule has 6 rings (SSSR count). The number of nitrogens with zero attached hydrogens (tertiary/aromatic N) is 6. The third-order valence-electron chi connectivity index (χ3n) is 6.30. The number of benzene rings is 2. The molecular weight excluding hydrogens is 468 g/mol. The molecule has 0 aliphatic carbocycles. The molecule has 4 heterocycles.